The third kappa shape index (κ3) is 4.16. The van der Waals surface area contributed by atoms with E-state index in [0.717, 1.165) is 33.5 Å². The minimum absolute atomic E-state index is 0.250. The van der Waals surface area contributed by atoms with Gasteiger partial charge in [-0.1, -0.05) is 0 Å². The maximum atomic E-state index is 11.1. The van der Waals surface area contributed by atoms with Gasteiger partial charge in [0.1, 0.15) is 11.6 Å². The van der Waals surface area contributed by atoms with E-state index in [2.05, 4.69) is 19.9 Å². The number of aryl methyl sites for hydroxylation is 1. The molecule has 0 saturated carbocycles. The van der Waals surface area contributed by atoms with Gasteiger partial charge in [-0.15, -0.1) is 0 Å². The molecule has 4 aromatic rings. The van der Waals surface area contributed by atoms with Crippen LogP contribution in [0.1, 0.15) is 16.2 Å². The van der Waals surface area contributed by atoms with Gasteiger partial charge in [0, 0.05) is 22.2 Å². The lowest BCUT2D eigenvalue weighted by Crippen LogP contribution is -2.21. The summed E-state index contributed by atoms with van der Waals surface area (Å²) >= 11 is 0. The predicted molar refractivity (Wildman–Crippen MR) is 101 cm³/mol. The normalized spacial score (nSPS) is 11.3. The summed E-state index contributed by atoms with van der Waals surface area (Å²) in [6.07, 6.45) is -5.08. The summed E-state index contributed by atoms with van der Waals surface area (Å²) in [7, 11) is 0. The third-order valence-electron chi connectivity index (χ3n) is 4.00. The third-order valence-corrected chi connectivity index (χ3v) is 4.00. The first-order valence-corrected chi connectivity index (χ1v) is 8.25. The van der Waals surface area contributed by atoms with E-state index in [1.54, 1.807) is 24.3 Å². The van der Waals surface area contributed by atoms with E-state index in [1.807, 2.05) is 13.0 Å². The van der Waals surface area contributed by atoms with Crippen LogP contribution in [0.4, 0.5) is 19.0 Å². The van der Waals surface area contributed by atoms with Gasteiger partial charge in [-0.2, -0.15) is 13.2 Å². The Labute approximate surface area is 165 Å². The summed E-state index contributed by atoms with van der Waals surface area (Å²) in [4.78, 5) is 35.0. The molecule has 0 radical (unpaired) electrons. The second-order valence-corrected chi connectivity index (χ2v) is 6.21. The summed E-state index contributed by atoms with van der Waals surface area (Å²) in [5, 5.41) is 17.0. The Morgan fingerprint density at radius 3 is 2.33 bits per heavy atom. The number of nitrogens with one attached hydrogen (secondary N) is 2. The number of imidazole rings is 1. The van der Waals surface area contributed by atoms with Gasteiger partial charge in [0.05, 0.1) is 11.1 Å². The molecule has 3 heterocycles. The number of carbonyl (C=O) groups is 2. The quantitative estimate of drug-likeness (QED) is 0.332. The van der Waals surface area contributed by atoms with Crippen molar-refractivity contribution in [1.29, 1.82) is 0 Å². The lowest BCUT2D eigenvalue weighted by Gasteiger charge is -2.01. The Hall–Kier alpha value is -4.09. The van der Waals surface area contributed by atoms with Crippen LogP contribution < -0.4 is 5.73 Å². The van der Waals surface area contributed by atoms with Crippen molar-refractivity contribution in [2.24, 2.45) is 0 Å². The number of benzene rings is 1. The molecule has 156 valence electrons. The predicted octanol–water partition coefficient (Wildman–Crippen LogP) is 3.33. The maximum absolute atomic E-state index is 11.1. The van der Waals surface area contributed by atoms with Crippen molar-refractivity contribution in [2.45, 2.75) is 13.1 Å². The molecular formula is C18H14F3N5O4. The van der Waals surface area contributed by atoms with E-state index >= 15 is 0 Å². The first-order valence-electron chi connectivity index (χ1n) is 8.25. The SMILES string of the molecule is Cc1nc2nc(N)cc(-c3cc4cc(C(=O)O)ccc4[nH]3)c2[nH]1.O=C(O)C(F)(F)F. The molecule has 0 aliphatic carbocycles. The van der Waals surface area contributed by atoms with Crippen molar-refractivity contribution in [3.05, 3.63) is 41.7 Å². The van der Waals surface area contributed by atoms with Gasteiger partial charge in [-0.3, -0.25) is 0 Å². The summed E-state index contributed by atoms with van der Waals surface area (Å²) in [5.41, 5.74) is 10.00. The second-order valence-electron chi connectivity index (χ2n) is 6.21. The molecule has 0 fully saturated rings. The number of hydrogen-bond acceptors (Lipinski definition) is 5. The molecule has 6 N–H and O–H groups in total. The van der Waals surface area contributed by atoms with E-state index < -0.39 is 18.1 Å². The number of aliphatic carboxylic acids is 1. The highest BCUT2D eigenvalue weighted by molar-refractivity contribution is 5.98. The van der Waals surface area contributed by atoms with Crippen molar-refractivity contribution in [3.63, 3.8) is 0 Å². The number of nitrogens with two attached hydrogens (primary N) is 1. The Morgan fingerprint density at radius 2 is 1.73 bits per heavy atom. The fourth-order valence-corrected chi connectivity index (χ4v) is 2.75. The van der Waals surface area contributed by atoms with Crippen LogP contribution in [-0.4, -0.2) is 48.3 Å². The Bertz CT molecular complexity index is 1280. The zero-order chi connectivity index (χ0) is 22.2. The molecule has 0 aliphatic rings. The Balaban J connectivity index is 0.000000318. The van der Waals surface area contributed by atoms with Gasteiger partial charge in [-0.25, -0.2) is 19.6 Å². The average molecular weight is 421 g/mol. The van der Waals surface area contributed by atoms with Crippen LogP contribution >= 0.6 is 0 Å². The topological polar surface area (TPSA) is 158 Å². The van der Waals surface area contributed by atoms with Gasteiger partial charge in [0.15, 0.2) is 5.65 Å². The summed E-state index contributed by atoms with van der Waals surface area (Å²) in [6, 6.07) is 8.62. The highest BCUT2D eigenvalue weighted by Gasteiger charge is 2.38. The average Bonchev–Trinajstić information content (AvgIpc) is 3.22. The highest BCUT2D eigenvalue weighted by Crippen LogP contribution is 2.30. The molecule has 0 bridgehead atoms. The molecular weight excluding hydrogens is 407 g/mol. The fourth-order valence-electron chi connectivity index (χ4n) is 2.75. The van der Waals surface area contributed by atoms with Crippen LogP contribution in [0.5, 0.6) is 0 Å². The molecule has 12 heteroatoms. The molecule has 0 saturated heterocycles. The summed E-state index contributed by atoms with van der Waals surface area (Å²) in [5.74, 6) is -2.57. The number of nitrogens with zero attached hydrogens (tertiary/aromatic N) is 2. The molecule has 4 rings (SSSR count). The monoisotopic (exact) mass is 421 g/mol. The Kier molecular flexibility index (Phi) is 5.08. The number of hydrogen-bond donors (Lipinski definition) is 5. The number of aromatic amines is 2. The van der Waals surface area contributed by atoms with Crippen molar-refractivity contribution in [1.82, 2.24) is 19.9 Å². The molecule has 0 spiro atoms. The zero-order valence-corrected chi connectivity index (χ0v) is 15.2. The van der Waals surface area contributed by atoms with Gasteiger partial charge in [-0.05, 0) is 37.3 Å². The van der Waals surface area contributed by atoms with E-state index in [1.165, 1.54) is 0 Å². The number of H-pyrrole nitrogens is 2. The number of carboxylic acids is 2. The van der Waals surface area contributed by atoms with Crippen molar-refractivity contribution < 1.29 is 33.0 Å². The van der Waals surface area contributed by atoms with E-state index in [0.29, 0.717) is 11.5 Å². The van der Waals surface area contributed by atoms with Crippen molar-refractivity contribution in [2.75, 3.05) is 5.73 Å². The molecule has 0 aliphatic heterocycles. The van der Waals surface area contributed by atoms with E-state index in [-0.39, 0.29) is 5.56 Å². The van der Waals surface area contributed by atoms with Gasteiger partial charge >= 0.3 is 18.1 Å². The molecule has 3 aromatic heterocycles. The molecule has 9 nitrogen and oxygen atoms in total. The molecule has 0 unspecified atom stereocenters. The number of anilines is 1. The number of rotatable bonds is 2. The van der Waals surface area contributed by atoms with Crippen LogP contribution in [0.15, 0.2) is 30.3 Å². The standard InChI is InChI=1S/C16H13N5O2.C2HF3O2/c1-7-18-14-10(6-13(17)21-15(14)19-7)12-5-9-4-8(16(22)23)2-3-11(9)20-12;3-2(4,5)1(6)7/h2-6,20H,1H3,(H,22,23)(H3,17,18,19,21);(H,6,7). The van der Waals surface area contributed by atoms with Crippen LogP contribution in [0.3, 0.4) is 0 Å². The largest absolute Gasteiger partial charge is 0.490 e. The molecule has 0 atom stereocenters. The first kappa shape index (κ1) is 20.6. The molecule has 0 amide bonds. The number of pyridine rings is 1. The van der Waals surface area contributed by atoms with Crippen LogP contribution in [0.25, 0.3) is 33.3 Å². The number of nitrogen functional groups attached to an aromatic ring is 1. The van der Waals surface area contributed by atoms with Gasteiger partial charge in [0.2, 0.25) is 0 Å². The molecule has 1 aromatic carbocycles. The lowest BCUT2D eigenvalue weighted by atomic mass is 10.1. The number of carboxylic acid groups (broad SMARTS) is 2. The zero-order valence-electron chi connectivity index (χ0n) is 15.2. The van der Waals surface area contributed by atoms with Crippen molar-refractivity contribution in [3.8, 4) is 11.3 Å². The first-order chi connectivity index (χ1) is 14.0. The number of aromatic carboxylic acids is 1. The number of fused-ring (bicyclic) bond motifs is 2. The number of aromatic nitrogens is 4. The highest BCUT2D eigenvalue weighted by atomic mass is 19.4. The Morgan fingerprint density at radius 1 is 1.07 bits per heavy atom. The number of halogens is 3. The van der Waals surface area contributed by atoms with Gasteiger partial charge < -0.3 is 25.9 Å². The summed E-state index contributed by atoms with van der Waals surface area (Å²) in [6.45, 7) is 1.85. The molecule has 30 heavy (non-hydrogen) atoms. The smallest absolute Gasteiger partial charge is 0.478 e. The van der Waals surface area contributed by atoms with Crippen LogP contribution in [0, 0.1) is 6.92 Å². The maximum Gasteiger partial charge on any atom is 0.490 e. The van der Waals surface area contributed by atoms with Crippen molar-refractivity contribution >= 4 is 39.8 Å². The number of alkyl halides is 3. The van der Waals surface area contributed by atoms with Gasteiger partial charge in [0.25, 0.3) is 0 Å². The summed E-state index contributed by atoms with van der Waals surface area (Å²) < 4.78 is 31.7. The second kappa shape index (κ2) is 7.39. The van der Waals surface area contributed by atoms with Crippen LogP contribution in [0.2, 0.25) is 0 Å². The minimum Gasteiger partial charge on any atom is -0.478 e. The van der Waals surface area contributed by atoms with Crippen LogP contribution in [-0.2, 0) is 4.79 Å². The lowest BCUT2D eigenvalue weighted by molar-refractivity contribution is -0.192. The minimum atomic E-state index is -5.08. The fraction of sp³-hybridized carbons (Fsp3) is 0.111. The van der Waals surface area contributed by atoms with E-state index in [9.17, 15) is 18.0 Å². The van der Waals surface area contributed by atoms with E-state index in [4.69, 9.17) is 20.7 Å².